The second kappa shape index (κ2) is 4.41. The number of rotatable bonds is 2. The summed E-state index contributed by atoms with van der Waals surface area (Å²) >= 11 is 5.88. The van der Waals surface area contributed by atoms with Crippen LogP contribution in [0.4, 0.5) is 5.69 Å². The summed E-state index contributed by atoms with van der Waals surface area (Å²) in [5.74, 6) is 0.761. The van der Waals surface area contributed by atoms with E-state index >= 15 is 0 Å². The Kier molecular flexibility index (Phi) is 2.97. The Bertz CT molecular complexity index is 514. The summed E-state index contributed by atoms with van der Waals surface area (Å²) in [7, 11) is 1.62. The Labute approximate surface area is 98.8 Å². The minimum absolute atomic E-state index is 0.309. The number of nitrogens with two attached hydrogens (primary N) is 1. The molecule has 2 aromatic rings. The number of hydrogen-bond donors (Lipinski definition) is 1. The van der Waals surface area contributed by atoms with E-state index in [1.165, 1.54) is 0 Å². The standard InChI is InChI=1S/C12H11ClN2O/c1-16-10-5-3-2-4-8(10)9-6-7-15-12(13)11(9)14/h2-7H,14H2,1H3. The molecule has 2 rings (SSSR count). The van der Waals surface area contributed by atoms with Gasteiger partial charge in [0.25, 0.3) is 0 Å². The van der Waals surface area contributed by atoms with Crippen LogP contribution in [-0.2, 0) is 0 Å². The summed E-state index contributed by atoms with van der Waals surface area (Å²) in [5, 5.41) is 0.309. The Hall–Kier alpha value is -1.74. The van der Waals surface area contributed by atoms with E-state index in [0.717, 1.165) is 16.9 Å². The molecule has 3 nitrogen and oxygen atoms in total. The highest BCUT2D eigenvalue weighted by Crippen LogP contribution is 2.35. The van der Waals surface area contributed by atoms with Crippen molar-refractivity contribution >= 4 is 17.3 Å². The van der Waals surface area contributed by atoms with Gasteiger partial charge in [-0.15, -0.1) is 0 Å². The van der Waals surface area contributed by atoms with Crippen LogP contribution in [0.2, 0.25) is 5.15 Å². The molecular weight excluding hydrogens is 224 g/mol. The molecule has 0 aliphatic carbocycles. The van der Waals surface area contributed by atoms with Gasteiger partial charge >= 0.3 is 0 Å². The first-order chi connectivity index (χ1) is 7.74. The van der Waals surface area contributed by atoms with Crippen LogP contribution < -0.4 is 10.5 Å². The molecule has 0 amide bonds. The van der Waals surface area contributed by atoms with E-state index in [4.69, 9.17) is 22.1 Å². The molecule has 1 aromatic carbocycles. The molecule has 1 aromatic heterocycles. The number of para-hydroxylation sites is 1. The maximum atomic E-state index is 5.89. The van der Waals surface area contributed by atoms with Crippen LogP contribution in [0.25, 0.3) is 11.1 Å². The maximum absolute atomic E-state index is 5.89. The van der Waals surface area contributed by atoms with E-state index in [1.807, 2.05) is 30.3 Å². The third-order valence-corrected chi connectivity index (χ3v) is 2.64. The number of benzene rings is 1. The minimum atomic E-state index is 0.309. The number of pyridine rings is 1. The Balaban J connectivity index is 2.63. The maximum Gasteiger partial charge on any atom is 0.152 e. The molecule has 16 heavy (non-hydrogen) atoms. The molecule has 0 fully saturated rings. The van der Waals surface area contributed by atoms with Gasteiger partial charge in [0, 0.05) is 17.3 Å². The second-order valence-electron chi connectivity index (χ2n) is 3.26. The van der Waals surface area contributed by atoms with E-state index in [9.17, 15) is 0 Å². The van der Waals surface area contributed by atoms with Crippen molar-refractivity contribution in [1.82, 2.24) is 4.98 Å². The highest BCUT2D eigenvalue weighted by atomic mass is 35.5. The number of ether oxygens (including phenoxy) is 1. The minimum Gasteiger partial charge on any atom is -0.496 e. The van der Waals surface area contributed by atoms with Crippen molar-refractivity contribution in [3.63, 3.8) is 0 Å². The van der Waals surface area contributed by atoms with Crippen molar-refractivity contribution in [2.24, 2.45) is 0 Å². The third-order valence-electron chi connectivity index (χ3n) is 2.34. The first kappa shape index (κ1) is 10.8. The van der Waals surface area contributed by atoms with Crippen molar-refractivity contribution < 1.29 is 4.74 Å². The first-order valence-electron chi connectivity index (χ1n) is 4.77. The molecule has 4 heteroatoms. The zero-order valence-electron chi connectivity index (χ0n) is 8.77. The number of nitrogens with zero attached hydrogens (tertiary/aromatic N) is 1. The van der Waals surface area contributed by atoms with Crippen LogP contribution >= 0.6 is 11.6 Å². The van der Waals surface area contributed by atoms with Gasteiger partial charge in [-0.05, 0) is 12.1 Å². The fourth-order valence-corrected chi connectivity index (χ4v) is 1.71. The summed E-state index contributed by atoms with van der Waals surface area (Å²) in [6.07, 6.45) is 1.63. The lowest BCUT2D eigenvalue weighted by Crippen LogP contribution is -1.95. The summed E-state index contributed by atoms with van der Waals surface area (Å²) in [6.45, 7) is 0. The summed E-state index contributed by atoms with van der Waals surface area (Å²) < 4.78 is 5.28. The lowest BCUT2D eigenvalue weighted by Gasteiger charge is -2.10. The molecule has 0 saturated heterocycles. The highest BCUT2D eigenvalue weighted by molar-refractivity contribution is 6.32. The zero-order chi connectivity index (χ0) is 11.5. The molecular formula is C12H11ClN2O. The van der Waals surface area contributed by atoms with Crippen molar-refractivity contribution in [3.8, 4) is 16.9 Å². The van der Waals surface area contributed by atoms with Gasteiger partial charge < -0.3 is 10.5 Å². The van der Waals surface area contributed by atoms with Gasteiger partial charge in [0.1, 0.15) is 5.75 Å². The van der Waals surface area contributed by atoms with Gasteiger partial charge in [-0.3, -0.25) is 0 Å². The van der Waals surface area contributed by atoms with Gasteiger partial charge in [-0.2, -0.15) is 0 Å². The van der Waals surface area contributed by atoms with E-state index in [0.29, 0.717) is 10.8 Å². The fraction of sp³-hybridized carbons (Fsp3) is 0.0833. The highest BCUT2D eigenvalue weighted by Gasteiger charge is 2.10. The topological polar surface area (TPSA) is 48.1 Å². The largest absolute Gasteiger partial charge is 0.496 e. The third kappa shape index (κ3) is 1.82. The van der Waals surface area contributed by atoms with Crippen LogP contribution in [0.1, 0.15) is 0 Å². The monoisotopic (exact) mass is 234 g/mol. The second-order valence-corrected chi connectivity index (χ2v) is 3.62. The molecule has 2 N–H and O–H groups in total. The number of anilines is 1. The van der Waals surface area contributed by atoms with E-state index in [1.54, 1.807) is 13.3 Å². The van der Waals surface area contributed by atoms with Crippen LogP contribution in [-0.4, -0.2) is 12.1 Å². The number of nitrogen functional groups attached to an aromatic ring is 1. The van der Waals surface area contributed by atoms with E-state index < -0.39 is 0 Å². The molecule has 0 radical (unpaired) electrons. The fourth-order valence-electron chi connectivity index (χ4n) is 1.55. The summed E-state index contributed by atoms with van der Waals surface area (Å²) in [4.78, 5) is 3.92. The predicted octanol–water partition coefficient (Wildman–Crippen LogP) is 2.99. The van der Waals surface area contributed by atoms with Gasteiger partial charge in [-0.1, -0.05) is 29.8 Å². The molecule has 0 saturated carbocycles. The van der Waals surface area contributed by atoms with Crippen LogP contribution in [0, 0.1) is 0 Å². The van der Waals surface area contributed by atoms with Crippen LogP contribution in [0.5, 0.6) is 5.75 Å². The molecule has 0 bridgehead atoms. The molecule has 0 aliphatic rings. The zero-order valence-corrected chi connectivity index (χ0v) is 9.53. The molecule has 1 heterocycles. The molecule has 0 aliphatic heterocycles. The van der Waals surface area contributed by atoms with Crippen LogP contribution in [0.15, 0.2) is 36.5 Å². The van der Waals surface area contributed by atoms with Crippen molar-refractivity contribution in [2.75, 3.05) is 12.8 Å². The number of methoxy groups -OCH3 is 1. The van der Waals surface area contributed by atoms with Gasteiger partial charge in [-0.25, -0.2) is 4.98 Å². The number of hydrogen-bond acceptors (Lipinski definition) is 3. The first-order valence-corrected chi connectivity index (χ1v) is 5.15. The van der Waals surface area contributed by atoms with E-state index in [2.05, 4.69) is 4.98 Å². The van der Waals surface area contributed by atoms with Crippen molar-refractivity contribution in [3.05, 3.63) is 41.7 Å². The SMILES string of the molecule is COc1ccccc1-c1ccnc(Cl)c1N. The molecule has 0 spiro atoms. The molecule has 0 atom stereocenters. The molecule has 0 unspecified atom stereocenters. The quantitative estimate of drug-likeness (QED) is 0.813. The van der Waals surface area contributed by atoms with Crippen LogP contribution in [0.3, 0.4) is 0 Å². The Morgan fingerprint density at radius 2 is 1.94 bits per heavy atom. The lowest BCUT2D eigenvalue weighted by atomic mass is 10.0. The number of aromatic nitrogens is 1. The van der Waals surface area contributed by atoms with Gasteiger partial charge in [0.05, 0.1) is 12.8 Å². The number of halogens is 1. The average molecular weight is 235 g/mol. The van der Waals surface area contributed by atoms with Gasteiger partial charge in [0.2, 0.25) is 0 Å². The average Bonchev–Trinajstić information content (AvgIpc) is 2.33. The smallest absolute Gasteiger partial charge is 0.152 e. The lowest BCUT2D eigenvalue weighted by molar-refractivity contribution is 0.416. The molecule has 82 valence electrons. The normalized spacial score (nSPS) is 10.1. The predicted molar refractivity (Wildman–Crippen MR) is 65.6 cm³/mol. The Morgan fingerprint density at radius 3 is 2.69 bits per heavy atom. The van der Waals surface area contributed by atoms with Crippen molar-refractivity contribution in [1.29, 1.82) is 0 Å². The summed E-state index contributed by atoms with van der Waals surface area (Å²) in [5.41, 5.74) is 8.09. The van der Waals surface area contributed by atoms with Gasteiger partial charge in [0.15, 0.2) is 5.15 Å². The van der Waals surface area contributed by atoms with Crippen molar-refractivity contribution in [2.45, 2.75) is 0 Å². The summed E-state index contributed by atoms with van der Waals surface area (Å²) in [6, 6.07) is 9.45. The van der Waals surface area contributed by atoms with E-state index in [-0.39, 0.29) is 0 Å². The Morgan fingerprint density at radius 1 is 1.19 bits per heavy atom.